The smallest absolute Gasteiger partial charge is 0.234 e. The van der Waals surface area contributed by atoms with Crippen LogP contribution in [0.4, 0.5) is 0 Å². The van der Waals surface area contributed by atoms with E-state index in [1.165, 1.54) is 0 Å². The number of nitrogens with one attached hydrogen (secondary N) is 1. The van der Waals surface area contributed by atoms with Crippen molar-refractivity contribution in [2.75, 3.05) is 13.1 Å². The van der Waals surface area contributed by atoms with Crippen molar-refractivity contribution in [3.63, 3.8) is 0 Å². The number of rotatable bonds is 5. The lowest BCUT2D eigenvalue weighted by Gasteiger charge is -2.21. The third-order valence-electron chi connectivity index (χ3n) is 3.76. The van der Waals surface area contributed by atoms with Crippen molar-refractivity contribution in [3.8, 4) is 0 Å². The molecule has 1 saturated heterocycles. The van der Waals surface area contributed by atoms with Crippen LogP contribution in [0.1, 0.15) is 36.2 Å². The zero-order valence-corrected chi connectivity index (χ0v) is 12.5. The molecule has 3 rings (SSSR count). The third-order valence-corrected chi connectivity index (χ3v) is 3.76. The maximum absolute atomic E-state index is 12.1. The highest BCUT2D eigenvalue weighted by atomic mass is 16.5. The highest BCUT2D eigenvalue weighted by Gasteiger charge is 2.30. The molecule has 0 aliphatic carbocycles. The Kier molecular flexibility index (Phi) is 4.43. The topological polar surface area (TPSA) is 84.2 Å². The Hall–Kier alpha value is -2.28. The number of aromatic nitrogens is 3. The van der Waals surface area contributed by atoms with Gasteiger partial charge in [-0.1, -0.05) is 11.2 Å². The SMILES string of the molecule is Cc1nc([C@H]2CCCN2CC(=O)NCc2cccnc2)no1. The number of amides is 1. The first kappa shape index (κ1) is 14.6. The summed E-state index contributed by atoms with van der Waals surface area (Å²) in [5.41, 5.74) is 0.989. The maximum atomic E-state index is 12.1. The number of carbonyl (C=O) groups excluding carboxylic acids is 1. The van der Waals surface area contributed by atoms with Crippen LogP contribution in [0, 0.1) is 6.92 Å². The molecular weight excluding hydrogens is 282 g/mol. The third kappa shape index (κ3) is 3.48. The van der Waals surface area contributed by atoms with Crippen molar-refractivity contribution in [1.82, 2.24) is 25.3 Å². The van der Waals surface area contributed by atoms with E-state index in [1.807, 2.05) is 12.1 Å². The Morgan fingerprint density at radius 1 is 1.55 bits per heavy atom. The van der Waals surface area contributed by atoms with E-state index in [-0.39, 0.29) is 11.9 Å². The molecule has 7 heteroatoms. The lowest BCUT2D eigenvalue weighted by atomic mass is 10.2. The van der Waals surface area contributed by atoms with Crippen LogP contribution in [0.25, 0.3) is 0 Å². The summed E-state index contributed by atoms with van der Waals surface area (Å²) < 4.78 is 5.04. The summed E-state index contributed by atoms with van der Waals surface area (Å²) >= 11 is 0. The van der Waals surface area contributed by atoms with Crippen molar-refractivity contribution in [2.45, 2.75) is 32.4 Å². The summed E-state index contributed by atoms with van der Waals surface area (Å²) in [6.07, 6.45) is 5.46. The molecule has 22 heavy (non-hydrogen) atoms. The van der Waals surface area contributed by atoms with Gasteiger partial charge in [-0.05, 0) is 31.0 Å². The van der Waals surface area contributed by atoms with Crippen molar-refractivity contribution in [1.29, 1.82) is 0 Å². The Morgan fingerprint density at radius 2 is 2.45 bits per heavy atom. The van der Waals surface area contributed by atoms with E-state index in [4.69, 9.17) is 4.52 Å². The summed E-state index contributed by atoms with van der Waals surface area (Å²) in [4.78, 5) is 22.5. The summed E-state index contributed by atoms with van der Waals surface area (Å²) in [6.45, 7) is 3.49. The highest BCUT2D eigenvalue weighted by Crippen LogP contribution is 2.29. The molecule has 7 nitrogen and oxygen atoms in total. The van der Waals surface area contributed by atoms with Crippen molar-refractivity contribution in [3.05, 3.63) is 41.8 Å². The zero-order valence-electron chi connectivity index (χ0n) is 12.5. The average Bonchev–Trinajstić information content (AvgIpc) is 3.15. The largest absolute Gasteiger partial charge is 0.351 e. The first-order valence-corrected chi connectivity index (χ1v) is 7.42. The fourth-order valence-electron chi connectivity index (χ4n) is 2.70. The van der Waals surface area contributed by atoms with Crippen LogP contribution in [0.5, 0.6) is 0 Å². The van der Waals surface area contributed by atoms with Crippen molar-refractivity contribution >= 4 is 5.91 Å². The number of aryl methyl sites for hydroxylation is 1. The van der Waals surface area contributed by atoms with Gasteiger partial charge >= 0.3 is 0 Å². The van der Waals surface area contributed by atoms with Gasteiger partial charge in [0.25, 0.3) is 0 Å². The second-order valence-corrected chi connectivity index (χ2v) is 5.44. The van der Waals surface area contributed by atoms with Gasteiger partial charge < -0.3 is 9.84 Å². The second kappa shape index (κ2) is 6.65. The summed E-state index contributed by atoms with van der Waals surface area (Å²) in [5, 5.41) is 6.90. The van der Waals surface area contributed by atoms with Crippen LogP contribution in [0.3, 0.4) is 0 Å². The predicted octanol–water partition coefficient (Wildman–Crippen LogP) is 1.23. The van der Waals surface area contributed by atoms with E-state index < -0.39 is 0 Å². The monoisotopic (exact) mass is 301 g/mol. The lowest BCUT2D eigenvalue weighted by Crippen LogP contribution is -2.36. The molecule has 0 aromatic carbocycles. The number of likely N-dealkylation sites (tertiary alicyclic amines) is 1. The van der Waals surface area contributed by atoms with Gasteiger partial charge in [0.15, 0.2) is 5.82 Å². The molecule has 0 spiro atoms. The summed E-state index contributed by atoms with van der Waals surface area (Å²) in [7, 11) is 0. The summed E-state index contributed by atoms with van der Waals surface area (Å²) in [5.74, 6) is 1.23. The standard InChI is InChI=1S/C15H19N5O2/c1-11-18-15(19-22-11)13-5-3-7-20(13)10-14(21)17-9-12-4-2-6-16-8-12/h2,4,6,8,13H,3,5,7,9-10H2,1H3,(H,17,21)/t13-/m1/s1. The molecule has 1 fully saturated rings. The minimum absolute atomic E-state index is 0.00373. The Morgan fingerprint density at radius 3 is 3.18 bits per heavy atom. The maximum Gasteiger partial charge on any atom is 0.234 e. The first-order chi connectivity index (χ1) is 10.7. The van der Waals surface area contributed by atoms with Gasteiger partial charge in [-0.3, -0.25) is 14.7 Å². The van der Waals surface area contributed by atoms with E-state index in [0.29, 0.717) is 24.8 Å². The van der Waals surface area contributed by atoms with Crippen LogP contribution in [-0.4, -0.2) is 39.0 Å². The number of hydrogen-bond donors (Lipinski definition) is 1. The van der Waals surface area contributed by atoms with Crippen LogP contribution in [-0.2, 0) is 11.3 Å². The van der Waals surface area contributed by atoms with Gasteiger partial charge in [0.2, 0.25) is 11.8 Å². The molecule has 1 N–H and O–H groups in total. The fourth-order valence-corrected chi connectivity index (χ4v) is 2.70. The highest BCUT2D eigenvalue weighted by molar-refractivity contribution is 5.78. The molecule has 0 unspecified atom stereocenters. The van der Waals surface area contributed by atoms with E-state index in [9.17, 15) is 4.79 Å². The van der Waals surface area contributed by atoms with Crippen LogP contribution >= 0.6 is 0 Å². The Labute approximate surface area is 128 Å². The minimum Gasteiger partial charge on any atom is -0.351 e. The Bertz CT molecular complexity index is 628. The van der Waals surface area contributed by atoms with Crippen molar-refractivity contribution in [2.24, 2.45) is 0 Å². The van der Waals surface area contributed by atoms with E-state index in [0.717, 1.165) is 24.9 Å². The normalized spacial score (nSPS) is 18.5. The molecular formula is C15H19N5O2. The second-order valence-electron chi connectivity index (χ2n) is 5.44. The summed E-state index contributed by atoms with van der Waals surface area (Å²) in [6, 6.07) is 3.87. The molecule has 1 aliphatic heterocycles. The van der Waals surface area contributed by atoms with Crippen LogP contribution in [0.2, 0.25) is 0 Å². The quantitative estimate of drug-likeness (QED) is 0.894. The molecule has 3 heterocycles. The molecule has 1 atom stereocenters. The van der Waals surface area contributed by atoms with Gasteiger partial charge in [-0.2, -0.15) is 4.98 Å². The molecule has 0 radical (unpaired) electrons. The fraction of sp³-hybridized carbons (Fsp3) is 0.467. The zero-order chi connectivity index (χ0) is 15.4. The number of nitrogens with zero attached hydrogens (tertiary/aromatic N) is 4. The predicted molar refractivity (Wildman–Crippen MR) is 78.7 cm³/mol. The molecule has 2 aromatic heterocycles. The van der Waals surface area contributed by atoms with E-state index in [1.54, 1.807) is 19.3 Å². The van der Waals surface area contributed by atoms with Crippen molar-refractivity contribution < 1.29 is 9.32 Å². The molecule has 1 aliphatic rings. The number of pyridine rings is 1. The van der Waals surface area contributed by atoms with E-state index in [2.05, 4.69) is 25.3 Å². The minimum atomic E-state index is -0.00373. The number of hydrogen-bond acceptors (Lipinski definition) is 6. The van der Waals surface area contributed by atoms with Crippen LogP contribution < -0.4 is 5.32 Å². The Balaban J connectivity index is 1.54. The lowest BCUT2D eigenvalue weighted by molar-refractivity contribution is -0.122. The van der Waals surface area contributed by atoms with E-state index >= 15 is 0 Å². The molecule has 1 amide bonds. The van der Waals surface area contributed by atoms with Crippen LogP contribution in [0.15, 0.2) is 29.0 Å². The van der Waals surface area contributed by atoms with Gasteiger partial charge in [0, 0.05) is 25.9 Å². The first-order valence-electron chi connectivity index (χ1n) is 7.42. The molecule has 0 saturated carbocycles. The average molecular weight is 301 g/mol. The molecule has 0 bridgehead atoms. The van der Waals surface area contributed by atoms with Gasteiger partial charge in [-0.15, -0.1) is 0 Å². The van der Waals surface area contributed by atoms with Gasteiger partial charge in [0.1, 0.15) is 0 Å². The van der Waals surface area contributed by atoms with Gasteiger partial charge in [-0.25, -0.2) is 0 Å². The molecule has 2 aromatic rings. The number of carbonyl (C=O) groups is 1. The molecule has 116 valence electrons. The van der Waals surface area contributed by atoms with Gasteiger partial charge in [0.05, 0.1) is 12.6 Å².